The van der Waals surface area contributed by atoms with Crippen LogP contribution in [-0.4, -0.2) is 22.3 Å². The number of nitrogen functional groups attached to an aromatic ring is 1. The van der Waals surface area contributed by atoms with Crippen LogP contribution >= 0.6 is 0 Å². The second-order valence-electron chi connectivity index (χ2n) is 7.09. The molecule has 0 bridgehead atoms. The highest BCUT2D eigenvalue weighted by Gasteiger charge is 2.30. The van der Waals surface area contributed by atoms with Crippen LogP contribution in [0.5, 0.6) is 0 Å². The van der Waals surface area contributed by atoms with Crippen LogP contribution in [0.25, 0.3) is 0 Å². The van der Waals surface area contributed by atoms with Crippen LogP contribution in [0.4, 0.5) is 30.2 Å². The van der Waals surface area contributed by atoms with Gasteiger partial charge in [-0.2, -0.15) is 13.2 Å². The van der Waals surface area contributed by atoms with Crippen molar-refractivity contribution in [2.24, 2.45) is 0 Å². The number of carbonyl (C=O) groups excluding carboxylic acids is 1. The summed E-state index contributed by atoms with van der Waals surface area (Å²) < 4.78 is 38.3. The zero-order valence-corrected chi connectivity index (χ0v) is 15.9. The topological polar surface area (TPSA) is 71.2 Å². The fourth-order valence-corrected chi connectivity index (χ4v) is 3.52. The Labute approximate surface area is 171 Å². The van der Waals surface area contributed by atoms with Gasteiger partial charge in [-0.25, -0.2) is 0 Å². The number of nitrogens with zero attached hydrogens (tertiary/aromatic N) is 2. The predicted octanol–water partition coefficient (Wildman–Crippen LogP) is 4.62. The minimum Gasteiger partial charge on any atom is -0.399 e. The molecule has 4 rings (SSSR count). The van der Waals surface area contributed by atoms with E-state index < -0.39 is 11.7 Å². The van der Waals surface area contributed by atoms with E-state index >= 15 is 0 Å². The molecule has 5 nitrogen and oxygen atoms in total. The van der Waals surface area contributed by atoms with E-state index in [0.29, 0.717) is 36.6 Å². The van der Waals surface area contributed by atoms with Gasteiger partial charge >= 0.3 is 6.18 Å². The number of hydrogen-bond acceptors (Lipinski definition) is 4. The maximum Gasteiger partial charge on any atom is 0.416 e. The Bertz CT molecular complexity index is 1080. The van der Waals surface area contributed by atoms with Crippen molar-refractivity contribution in [3.63, 3.8) is 0 Å². The molecule has 0 fully saturated rings. The zero-order valence-electron chi connectivity index (χ0n) is 15.9. The monoisotopic (exact) mass is 412 g/mol. The lowest BCUT2D eigenvalue weighted by molar-refractivity contribution is -0.137. The summed E-state index contributed by atoms with van der Waals surface area (Å²) in [5.41, 5.74) is 9.26. The average molecular weight is 412 g/mol. The fraction of sp³-hybridized carbons (Fsp3) is 0.182. The number of halogens is 3. The summed E-state index contributed by atoms with van der Waals surface area (Å²) in [4.78, 5) is 18.6. The Kier molecular flexibility index (Phi) is 5.07. The van der Waals surface area contributed by atoms with Gasteiger partial charge in [0.2, 0.25) is 0 Å². The standard InChI is InChI=1S/C22H19F3N4O/c23-22(24,25)15-4-6-17(7-5-15)28-19-3-1-2-14-13-29(11-9-18(14)19)21(30)20-12-16(26)8-10-27-20/h1-8,10,12,28H,9,11,13H2,(H2,26,27). The Morgan fingerprint density at radius 1 is 1.10 bits per heavy atom. The molecule has 0 radical (unpaired) electrons. The van der Waals surface area contributed by atoms with Gasteiger partial charge in [0.25, 0.3) is 5.91 Å². The highest BCUT2D eigenvalue weighted by Crippen LogP contribution is 2.32. The Morgan fingerprint density at radius 2 is 1.87 bits per heavy atom. The maximum absolute atomic E-state index is 12.8. The Balaban J connectivity index is 1.52. The van der Waals surface area contributed by atoms with Gasteiger partial charge in [-0.15, -0.1) is 0 Å². The van der Waals surface area contributed by atoms with Crippen molar-refractivity contribution in [3.05, 3.63) is 83.2 Å². The minimum absolute atomic E-state index is 0.186. The molecule has 3 aromatic rings. The van der Waals surface area contributed by atoms with Crippen molar-refractivity contribution < 1.29 is 18.0 Å². The molecule has 1 amide bonds. The molecule has 1 aliphatic rings. The summed E-state index contributed by atoms with van der Waals surface area (Å²) in [5.74, 6) is -0.186. The Morgan fingerprint density at radius 3 is 2.57 bits per heavy atom. The molecule has 0 saturated heterocycles. The first-order chi connectivity index (χ1) is 14.3. The SMILES string of the molecule is Nc1ccnc(C(=O)N2CCc3c(cccc3Nc3ccc(C(F)(F)F)cc3)C2)c1. The lowest BCUT2D eigenvalue weighted by atomic mass is 9.97. The van der Waals surface area contributed by atoms with Crippen molar-refractivity contribution >= 4 is 23.0 Å². The molecule has 154 valence electrons. The number of pyridine rings is 1. The van der Waals surface area contributed by atoms with Crippen molar-refractivity contribution in [2.45, 2.75) is 19.1 Å². The van der Waals surface area contributed by atoms with E-state index in [1.165, 1.54) is 18.3 Å². The van der Waals surface area contributed by atoms with Crippen LogP contribution in [0.2, 0.25) is 0 Å². The van der Waals surface area contributed by atoms with Crippen LogP contribution in [-0.2, 0) is 19.1 Å². The number of nitrogens with two attached hydrogens (primary N) is 1. The number of alkyl halides is 3. The van der Waals surface area contributed by atoms with Gasteiger partial charge in [0.05, 0.1) is 5.56 Å². The molecule has 3 N–H and O–H groups in total. The van der Waals surface area contributed by atoms with Crippen LogP contribution in [0.15, 0.2) is 60.8 Å². The molecule has 0 saturated carbocycles. The van der Waals surface area contributed by atoms with Gasteiger partial charge in [-0.3, -0.25) is 9.78 Å². The molecule has 0 spiro atoms. The Hall–Kier alpha value is -3.55. The average Bonchev–Trinajstić information content (AvgIpc) is 2.73. The normalized spacial score (nSPS) is 13.6. The van der Waals surface area contributed by atoms with Gasteiger partial charge in [0.15, 0.2) is 0 Å². The van der Waals surface area contributed by atoms with Gasteiger partial charge in [0, 0.05) is 36.3 Å². The number of nitrogens with one attached hydrogen (secondary N) is 1. The molecule has 1 aromatic heterocycles. The predicted molar refractivity (Wildman–Crippen MR) is 108 cm³/mol. The van der Waals surface area contributed by atoms with Crippen molar-refractivity contribution in [2.75, 3.05) is 17.6 Å². The number of benzene rings is 2. The van der Waals surface area contributed by atoms with E-state index in [0.717, 1.165) is 28.9 Å². The van der Waals surface area contributed by atoms with E-state index in [9.17, 15) is 18.0 Å². The minimum atomic E-state index is -4.36. The molecule has 0 atom stereocenters. The van der Waals surface area contributed by atoms with Gasteiger partial charge in [-0.05, 0) is 60.0 Å². The van der Waals surface area contributed by atoms with E-state index in [2.05, 4.69) is 10.3 Å². The maximum atomic E-state index is 12.8. The summed E-state index contributed by atoms with van der Waals surface area (Å²) in [6, 6.07) is 13.8. The molecular formula is C22H19F3N4O. The molecule has 2 aromatic carbocycles. The van der Waals surface area contributed by atoms with Crippen LogP contribution < -0.4 is 11.1 Å². The van der Waals surface area contributed by atoms with Crippen LogP contribution in [0, 0.1) is 0 Å². The number of carbonyl (C=O) groups is 1. The third-order valence-corrected chi connectivity index (χ3v) is 5.05. The molecule has 2 heterocycles. The second kappa shape index (κ2) is 7.70. The summed E-state index contributed by atoms with van der Waals surface area (Å²) in [6.45, 7) is 0.932. The summed E-state index contributed by atoms with van der Waals surface area (Å²) in [7, 11) is 0. The number of hydrogen-bond donors (Lipinski definition) is 2. The third kappa shape index (κ3) is 4.07. The number of rotatable bonds is 3. The molecule has 0 unspecified atom stereocenters. The first-order valence-corrected chi connectivity index (χ1v) is 9.37. The van der Waals surface area contributed by atoms with Crippen LogP contribution in [0.3, 0.4) is 0 Å². The molecular weight excluding hydrogens is 393 g/mol. The van der Waals surface area contributed by atoms with Crippen molar-refractivity contribution in [3.8, 4) is 0 Å². The smallest absolute Gasteiger partial charge is 0.399 e. The third-order valence-electron chi connectivity index (χ3n) is 5.05. The van der Waals surface area contributed by atoms with Crippen molar-refractivity contribution in [1.82, 2.24) is 9.88 Å². The molecule has 30 heavy (non-hydrogen) atoms. The number of fused-ring (bicyclic) bond motifs is 1. The fourth-order valence-electron chi connectivity index (χ4n) is 3.52. The first kappa shape index (κ1) is 19.8. The first-order valence-electron chi connectivity index (χ1n) is 9.37. The van der Waals surface area contributed by atoms with Gasteiger partial charge in [-0.1, -0.05) is 12.1 Å². The van der Waals surface area contributed by atoms with E-state index in [1.54, 1.807) is 17.0 Å². The molecule has 1 aliphatic heterocycles. The quantitative estimate of drug-likeness (QED) is 0.658. The van der Waals surface area contributed by atoms with E-state index in [4.69, 9.17) is 5.73 Å². The number of anilines is 3. The largest absolute Gasteiger partial charge is 0.416 e. The zero-order chi connectivity index (χ0) is 21.3. The lowest BCUT2D eigenvalue weighted by Crippen LogP contribution is -2.36. The second-order valence-corrected chi connectivity index (χ2v) is 7.09. The van der Waals surface area contributed by atoms with E-state index in [-0.39, 0.29) is 5.91 Å². The highest BCUT2D eigenvalue weighted by atomic mass is 19.4. The summed E-state index contributed by atoms with van der Waals surface area (Å²) >= 11 is 0. The van der Waals surface area contributed by atoms with Gasteiger partial charge < -0.3 is 16.0 Å². The number of aromatic nitrogens is 1. The summed E-state index contributed by atoms with van der Waals surface area (Å²) in [6.07, 6.45) is -2.24. The van der Waals surface area contributed by atoms with E-state index in [1.807, 2.05) is 18.2 Å². The van der Waals surface area contributed by atoms with Gasteiger partial charge in [0.1, 0.15) is 5.69 Å². The number of amides is 1. The van der Waals surface area contributed by atoms with Crippen molar-refractivity contribution in [1.29, 1.82) is 0 Å². The summed E-state index contributed by atoms with van der Waals surface area (Å²) in [5, 5.41) is 3.19. The highest BCUT2D eigenvalue weighted by molar-refractivity contribution is 5.93. The molecule has 0 aliphatic carbocycles. The van der Waals surface area contributed by atoms with Crippen LogP contribution in [0.1, 0.15) is 27.2 Å². The molecule has 8 heteroatoms. The lowest BCUT2D eigenvalue weighted by Gasteiger charge is -2.30.